The molecule has 0 spiro atoms. The lowest BCUT2D eigenvalue weighted by atomic mass is 9.73. The van der Waals surface area contributed by atoms with Crippen LogP contribution < -0.4 is 0 Å². The Morgan fingerprint density at radius 3 is 1.79 bits per heavy atom. The van der Waals surface area contributed by atoms with Gasteiger partial charge in [0.15, 0.2) is 0 Å². The summed E-state index contributed by atoms with van der Waals surface area (Å²) in [5.74, 6) is 0.0847. The van der Waals surface area contributed by atoms with Crippen molar-refractivity contribution in [2.24, 2.45) is 11.3 Å². The Kier molecular flexibility index (Phi) is 4.90. The van der Waals surface area contributed by atoms with Crippen LogP contribution >= 0.6 is 11.6 Å². The largest absolute Gasteiger partial charge is 0.247 e. The lowest BCUT2D eigenvalue weighted by Gasteiger charge is -2.34. The third-order valence-corrected chi connectivity index (χ3v) is 3.47. The van der Waals surface area contributed by atoms with Gasteiger partial charge < -0.3 is 0 Å². The van der Waals surface area contributed by atoms with E-state index in [0.29, 0.717) is 0 Å². The first kappa shape index (κ1) is 14.2. The highest BCUT2D eigenvalue weighted by atomic mass is 35.5. The van der Waals surface area contributed by atoms with Gasteiger partial charge in [0, 0.05) is 4.87 Å². The Balaban J connectivity index is 4.20. The Labute approximate surface area is 93.2 Å². The molecule has 0 aliphatic heterocycles. The first-order chi connectivity index (χ1) is 6.06. The maximum absolute atomic E-state index is 13.2. The van der Waals surface area contributed by atoms with Crippen LogP contribution in [0.5, 0.6) is 0 Å². The molecule has 0 saturated heterocycles. The van der Waals surface area contributed by atoms with Crippen molar-refractivity contribution in [3.05, 3.63) is 0 Å². The van der Waals surface area contributed by atoms with Crippen LogP contribution in [0.25, 0.3) is 0 Å². The fourth-order valence-electron chi connectivity index (χ4n) is 1.47. The van der Waals surface area contributed by atoms with Crippen molar-refractivity contribution < 1.29 is 4.39 Å². The van der Waals surface area contributed by atoms with Gasteiger partial charge in [0.2, 0.25) is 0 Å². The standard InChI is InChI=1S/C12H24ClF/c1-9(10(2)14)11(3,4)7-8-12(5,6)13/h9-10H,7-8H2,1-6H3. The summed E-state index contributed by atoms with van der Waals surface area (Å²) in [6.07, 6.45) is 1.15. The lowest BCUT2D eigenvalue weighted by Crippen LogP contribution is -2.29. The fraction of sp³-hybridized carbons (Fsp3) is 1.00. The highest BCUT2D eigenvalue weighted by Gasteiger charge is 2.31. The van der Waals surface area contributed by atoms with Gasteiger partial charge in [-0.25, -0.2) is 4.39 Å². The SMILES string of the molecule is CC(F)C(C)C(C)(C)CCC(C)(C)Cl. The Hall–Kier alpha value is 0.220. The Bertz CT molecular complexity index is 168. The summed E-state index contributed by atoms with van der Waals surface area (Å²) in [5.41, 5.74) is 0.0281. The van der Waals surface area contributed by atoms with Crippen LogP contribution in [-0.4, -0.2) is 11.0 Å². The molecule has 0 aromatic rings. The van der Waals surface area contributed by atoms with Crippen molar-refractivity contribution >= 4 is 11.6 Å². The van der Waals surface area contributed by atoms with E-state index < -0.39 is 6.17 Å². The second-order valence-electron chi connectivity index (χ2n) is 5.67. The summed E-state index contributed by atoms with van der Waals surface area (Å²) in [4.78, 5) is -0.170. The molecular weight excluding hydrogens is 199 g/mol. The van der Waals surface area contributed by atoms with E-state index in [1.54, 1.807) is 6.92 Å². The lowest BCUT2D eigenvalue weighted by molar-refractivity contribution is 0.113. The number of hydrogen-bond acceptors (Lipinski definition) is 0. The Morgan fingerprint density at radius 1 is 1.07 bits per heavy atom. The van der Waals surface area contributed by atoms with Crippen LogP contribution in [0.15, 0.2) is 0 Å². The van der Waals surface area contributed by atoms with Gasteiger partial charge in [-0.2, -0.15) is 0 Å². The van der Waals surface area contributed by atoms with Crippen LogP contribution in [0.1, 0.15) is 54.4 Å². The molecule has 14 heavy (non-hydrogen) atoms. The van der Waals surface area contributed by atoms with Gasteiger partial charge >= 0.3 is 0 Å². The molecule has 0 aromatic carbocycles. The monoisotopic (exact) mass is 222 g/mol. The summed E-state index contributed by atoms with van der Waals surface area (Å²) in [6.45, 7) is 11.9. The first-order valence-corrected chi connectivity index (χ1v) is 5.77. The van der Waals surface area contributed by atoms with Gasteiger partial charge in [-0.3, -0.25) is 0 Å². The van der Waals surface area contributed by atoms with E-state index in [4.69, 9.17) is 11.6 Å². The molecule has 0 aromatic heterocycles. The van der Waals surface area contributed by atoms with Crippen LogP contribution in [0.3, 0.4) is 0 Å². The van der Waals surface area contributed by atoms with Crippen molar-refractivity contribution in [2.75, 3.05) is 0 Å². The van der Waals surface area contributed by atoms with Gasteiger partial charge in [-0.05, 0) is 44.9 Å². The van der Waals surface area contributed by atoms with Crippen molar-refractivity contribution in [1.29, 1.82) is 0 Å². The average molecular weight is 223 g/mol. The minimum atomic E-state index is -0.747. The minimum Gasteiger partial charge on any atom is -0.247 e. The van der Waals surface area contributed by atoms with E-state index >= 15 is 0 Å². The van der Waals surface area contributed by atoms with Crippen molar-refractivity contribution in [1.82, 2.24) is 0 Å². The number of halogens is 2. The molecule has 0 bridgehead atoms. The molecule has 0 aliphatic rings. The number of alkyl halides is 2. The van der Waals surface area contributed by atoms with Gasteiger partial charge in [0.1, 0.15) is 6.17 Å². The van der Waals surface area contributed by atoms with E-state index in [0.717, 1.165) is 12.8 Å². The number of rotatable bonds is 5. The van der Waals surface area contributed by atoms with Crippen LogP contribution in [0.4, 0.5) is 4.39 Å². The molecule has 2 heteroatoms. The predicted octanol–water partition coefficient (Wildman–Crippen LogP) is 4.80. The molecule has 0 aliphatic carbocycles. The highest BCUT2D eigenvalue weighted by Crippen LogP contribution is 2.37. The minimum absolute atomic E-state index is 0.0281. The normalized spacial score (nSPS) is 18.0. The quantitative estimate of drug-likeness (QED) is 0.586. The van der Waals surface area contributed by atoms with Gasteiger partial charge in [0.05, 0.1) is 0 Å². The smallest absolute Gasteiger partial charge is 0.100 e. The second kappa shape index (κ2) is 4.83. The van der Waals surface area contributed by atoms with E-state index in [9.17, 15) is 4.39 Å². The zero-order valence-corrected chi connectivity index (χ0v) is 11.1. The fourth-order valence-corrected chi connectivity index (χ4v) is 1.56. The summed E-state index contributed by atoms with van der Waals surface area (Å²) in [6, 6.07) is 0. The molecular formula is C12H24ClF. The van der Waals surface area contributed by atoms with E-state index in [1.165, 1.54) is 0 Å². The van der Waals surface area contributed by atoms with Crippen molar-refractivity contribution in [3.63, 3.8) is 0 Å². The van der Waals surface area contributed by atoms with Crippen molar-refractivity contribution in [2.45, 2.75) is 65.4 Å². The second-order valence-corrected chi connectivity index (χ2v) is 6.70. The molecule has 0 radical (unpaired) electrons. The maximum Gasteiger partial charge on any atom is 0.100 e. The molecule has 0 heterocycles. The summed E-state index contributed by atoms with van der Waals surface area (Å²) >= 11 is 6.13. The van der Waals surface area contributed by atoms with Crippen LogP contribution in [-0.2, 0) is 0 Å². The van der Waals surface area contributed by atoms with Crippen LogP contribution in [0, 0.1) is 11.3 Å². The zero-order chi connectivity index (χ0) is 11.6. The maximum atomic E-state index is 13.2. The highest BCUT2D eigenvalue weighted by molar-refractivity contribution is 6.23. The summed E-state index contributed by atoms with van der Waals surface area (Å²) < 4.78 is 13.2. The molecule has 2 unspecified atom stereocenters. The van der Waals surface area contributed by atoms with Gasteiger partial charge in [0.25, 0.3) is 0 Å². The van der Waals surface area contributed by atoms with E-state index in [1.807, 2.05) is 20.8 Å². The molecule has 0 saturated carbocycles. The summed E-state index contributed by atoms with van der Waals surface area (Å²) in [5, 5.41) is 0. The molecule has 0 fully saturated rings. The number of hydrogen-bond donors (Lipinski definition) is 0. The molecule has 0 N–H and O–H groups in total. The zero-order valence-electron chi connectivity index (χ0n) is 10.3. The first-order valence-electron chi connectivity index (χ1n) is 5.39. The van der Waals surface area contributed by atoms with Crippen LogP contribution in [0.2, 0.25) is 0 Å². The van der Waals surface area contributed by atoms with Gasteiger partial charge in [-0.15, -0.1) is 11.6 Å². The van der Waals surface area contributed by atoms with E-state index in [2.05, 4.69) is 13.8 Å². The molecule has 0 rings (SSSR count). The molecule has 2 atom stereocenters. The topological polar surface area (TPSA) is 0 Å². The third-order valence-electron chi connectivity index (χ3n) is 3.29. The average Bonchev–Trinajstić information content (AvgIpc) is 1.98. The van der Waals surface area contributed by atoms with Crippen molar-refractivity contribution in [3.8, 4) is 0 Å². The Morgan fingerprint density at radius 2 is 1.50 bits per heavy atom. The summed E-state index contributed by atoms with van der Waals surface area (Å²) in [7, 11) is 0. The third kappa shape index (κ3) is 5.19. The molecule has 0 nitrogen and oxygen atoms in total. The van der Waals surface area contributed by atoms with Gasteiger partial charge in [-0.1, -0.05) is 20.8 Å². The predicted molar refractivity (Wildman–Crippen MR) is 62.7 cm³/mol. The molecule has 0 amide bonds. The molecule has 86 valence electrons. The van der Waals surface area contributed by atoms with E-state index in [-0.39, 0.29) is 16.2 Å².